The maximum Gasteiger partial charge on any atom is 0.134 e. The predicted octanol–water partition coefficient (Wildman–Crippen LogP) is 3.72. The van der Waals surface area contributed by atoms with Gasteiger partial charge in [0.05, 0.1) is 18.0 Å². The molecule has 4 heteroatoms. The van der Waals surface area contributed by atoms with E-state index in [1.807, 2.05) is 36.7 Å². The molecule has 0 aliphatic carbocycles. The van der Waals surface area contributed by atoms with E-state index in [1.165, 1.54) is 0 Å². The Bertz CT molecular complexity index is 498. The highest BCUT2D eigenvalue weighted by molar-refractivity contribution is 7.10. The predicted molar refractivity (Wildman–Crippen MR) is 73.2 cm³/mol. The van der Waals surface area contributed by atoms with E-state index in [2.05, 4.69) is 11.4 Å². The molecular formula is C13H14ClNOS. The first kappa shape index (κ1) is 12.4. The zero-order valence-electron chi connectivity index (χ0n) is 9.74. The summed E-state index contributed by atoms with van der Waals surface area (Å²) in [5.41, 5.74) is 1.14. The van der Waals surface area contributed by atoms with Crippen molar-refractivity contribution < 1.29 is 4.74 Å². The van der Waals surface area contributed by atoms with Gasteiger partial charge in [-0.2, -0.15) is 0 Å². The van der Waals surface area contributed by atoms with Crippen molar-refractivity contribution >= 4 is 22.9 Å². The molecule has 0 amide bonds. The second-order valence-corrected chi connectivity index (χ2v) is 5.01. The molecule has 0 spiro atoms. The molecule has 0 saturated carbocycles. The Kier molecular flexibility index (Phi) is 4.05. The minimum absolute atomic E-state index is 0.114. The molecule has 1 aromatic carbocycles. The first-order valence-corrected chi connectivity index (χ1v) is 6.56. The summed E-state index contributed by atoms with van der Waals surface area (Å²) in [7, 11) is 3.63. The van der Waals surface area contributed by atoms with E-state index in [0.717, 1.165) is 21.2 Å². The van der Waals surface area contributed by atoms with Crippen LogP contribution in [0.5, 0.6) is 5.75 Å². The number of hydrogen-bond donors (Lipinski definition) is 1. The fraction of sp³-hybridized carbons (Fsp3) is 0.231. The fourth-order valence-electron chi connectivity index (χ4n) is 1.82. The summed E-state index contributed by atoms with van der Waals surface area (Å²) >= 11 is 7.70. The zero-order chi connectivity index (χ0) is 12.3. The van der Waals surface area contributed by atoms with Crippen LogP contribution in [0.15, 0.2) is 35.7 Å². The van der Waals surface area contributed by atoms with Gasteiger partial charge in [-0.15, -0.1) is 11.3 Å². The highest BCUT2D eigenvalue weighted by Gasteiger charge is 2.17. The largest absolute Gasteiger partial charge is 0.496 e. The Hall–Kier alpha value is -1.03. The molecule has 0 aliphatic rings. The second-order valence-electron chi connectivity index (χ2n) is 3.63. The van der Waals surface area contributed by atoms with Crippen LogP contribution in [-0.4, -0.2) is 14.2 Å². The van der Waals surface area contributed by atoms with E-state index in [0.29, 0.717) is 0 Å². The van der Waals surface area contributed by atoms with Crippen molar-refractivity contribution in [1.82, 2.24) is 5.32 Å². The quantitative estimate of drug-likeness (QED) is 0.912. The number of methoxy groups -OCH3 is 1. The topological polar surface area (TPSA) is 21.3 Å². The molecule has 17 heavy (non-hydrogen) atoms. The fourth-order valence-corrected chi connectivity index (χ4v) is 3.02. The van der Waals surface area contributed by atoms with Gasteiger partial charge < -0.3 is 10.1 Å². The standard InChI is InChI=1S/C13H14ClNOS/c1-15-12(9-4-3-5-10(14)8-9)13-11(16-2)6-7-17-13/h3-8,12,15H,1-2H3. The summed E-state index contributed by atoms with van der Waals surface area (Å²) in [5.74, 6) is 0.911. The van der Waals surface area contributed by atoms with Gasteiger partial charge in [0.2, 0.25) is 0 Å². The van der Waals surface area contributed by atoms with Crippen LogP contribution in [0.2, 0.25) is 5.02 Å². The lowest BCUT2D eigenvalue weighted by Crippen LogP contribution is -2.17. The third kappa shape index (κ3) is 2.63. The van der Waals surface area contributed by atoms with E-state index in [1.54, 1.807) is 18.4 Å². The third-order valence-electron chi connectivity index (χ3n) is 2.61. The van der Waals surface area contributed by atoms with Gasteiger partial charge >= 0.3 is 0 Å². The van der Waals surface area contributed by atoms with E-state index < -0.39 is 0 Å². The molecule has 2 aromatic rings. The van der Waals surface area contributed by atoms with Gasteiger partial charge in [0.15, 0.2) is 0 Å². The average molecular weight is 268 g/mol. The van der Waals surface area contributed by atoms with Crippen LogP contribution in [0.4, 0.5) is 0 Å². The summed E-state index contributed by atoms with van der Waals surface area (Å²) in [6.45, 7) is 0. The van der Waals surface area contributed by atoms with Crippen molar-refractivity contribution in [2.24, 2.45) is 0 Å². The molecule has 2 nitrogen and oxygen atoms in total. The van der Waals surface area contributed by atoms with Crippen LogP contribution in [-0.2, 0) is 0 Å². The van der Waals surface area contributed by atoms with E-state index in [9.17, 15) is 0 Å². The zero-order valence-corrected chi connectivity index (χ0v) is 11.3. The minimum Gasteiger partial charge on any atom is -0.496 e. The van der Waals surface area contributed by atoms with Crippen molar-refractivity contribution in [3.8, 4) is 5.75 Å². The van der Waals surface area contributed by atoms with E-state index >= 15 is 0 Å². The first-order valence-electron chi connectivity index (χ1n) is 5.30. The Morgan fingerprint density at radius 2 is 2.18 bits per heavy atom. The van der Waals surface area contributed by atoms with Gasteiger partial charge in [-0.25, -0.2) is 0 Å². The Morgan fingerprint density at radius 1 is 1.35 bits per heavy atom. The number of thiophene rings is 1. The van der Waals surface area contributed by atoms with Gasteiger partial charge in [0, 0.05) is 5.02 Å². The minimum atomic E-state index is 0.114. The van der Waals surface area contributed by atoms with Gasteiger partial charge in [-0.1, -0.05) is 23.7 Å². The van der Waals surface area contributed by atoms with Crippen molar-refractivity contribution in [2.75, 3.05) is 14.2 Å². The SMILES string of the molecule is CNC(c1cccc(Cl)c1)c1sccc1OC. The molecule has 0 radical (unpaired) electrons. The summed E-state index contributed by atoms with van der Waals surface area (Å²) in [5, 5.41) is 6.07. The smallest absolute Gasteiger partial charge is 0.134 e. The molecule has 0 saturated heterocycles. The van der Waals surface area contributed by atoms with Crippen molar-refractivity contribution in [1.29, 1.82) is 0 Å². The van der Waals surface area contributed by atoms with Gasteiger partial charge in [-0.3, -0.25) is 0 Å². The maximum absolute atomic E-state index is 6.03. The number of ether oxygens (including phenoxy) is 1. The van der Waals surface area contributed by atoms with Crippen LogP contribution < -0.4 is 10.1 Å². The lowest BCUT2D eigenvalue weighted by Gasteiger charge is -2.17. The summed E-state index contributed by atoms with van der Waals surface area (Å²) < 4.78 is 5.36. The normalized spacial score (nSPS) is 12.4. The van der Waals surface area contributed by atoms with E-state index in [-0.39, 0.29) is 6.04 Å². The molecule has 0 fully saturated rings. The molecule has 0 bridgehead atoms. The molecule has 90 valence electrons. The van der Waals surface area contributed by atoms with Crippen LogP contribution in [0.3, 0.4) is 0 Å². The highest BCUT2D eigenvalue weighted by atomic mass is 35.5. The molecule has 1 unspecified atom stereocenters. The van der Waals surface area contributed by atoms with Crippen molar-refractivity contribution in [3.05, 3.63) is 51.2 Å². The number of hydrogen-bond acceptors (Lipinski definition) is 3. The van der Waals surface area contributed by atoms with Gasteiger partial charge in [-0.05, 0) is 36.2 Å². The maximum atomic E-state index is 6.03. The Morgan fingerprint density at radius 3 is 2.82 bits per heavy atom. The number of halogens is 1. The molecule has 2 rings (SSSR count). The Labute approximate surface area is 110 Å². The molecular weight excluding hydrogens is 254 g/mol. The summed E-state index contributed by atoms with van der Waals surface area (Å²) in [6.07, 6.45) is 0. The molecule has 0 aliphatic heterocycles. The first-order chi connectivity index (χ1) is 8.26. The summed E-state index contributed by atoms with van der Waals surface area (Å²) in [4.78, 5) is 1.16. The highest BCUT2D eigenvalue weighted by Crippen LogP contribution is 2.35. The van der Waals surface area contributed by atoms with Gasteiger partial charge in [0.1, 0.15) is 5.75 Å². The number of nitrogens with one attached hydrogen (secondary N) is 1. The van der Waals surface area contributed by atoms with Crippen molar-refractivity contribution in [2.45, 2.75) is 6.04 Å². The molecule has 1 heterocycles. The third-order valence-corrected chi connectivity index (χ3v) is 3.81. The number of benzene rings is 1. The lowest BCUT2D eigenvalue weighted by atomic mass is 10.1. The van der Waals surface area contributed by atoms with Crippen molar-refractivity contribution in [3.63, 3.8) is 0 Å². The van der Waals surface area contributed by atoms with Crippen LogP contribution >= 0.6 is 22.9 Å². The molecule has 1 atom stereocenters. The number of rotatable bonds is 4. The second kappa shape index (κ2) is 5.54. The average Bonchev–Trinajstić information content (AvgIpc) is 2.78. The Balaban J connectivity index is 2.40. The van der Waals surface area contributed by atoms with Crippen LogP contribution in [0.25, 0.3) is 0 Å². The monoisotopic (exact) mass is 267 g/mol. The van der Waals surface area contributed by atoms with Crippen LogP contribution in [0, 0.1) is 0 Å². The van der Waals surface area contributed by atoms with E-state index in [4.69, 9.17) is 16.3 Å². The van der Waals surface area contributed by atoms with Crippen LogP contribution in [0.1, 0.15) is 16.5 Å². The molecule has 1 aromatic heterocycles. The lowest BCUT2D eigenvalue weighted by molar-refractivity contribution is 0.408. The van der Waals surface area contributed by atoms with Gasteiger partial charge in [0.25, 0.3) is 0 Å². The molecule has 1 N–H and O–H groups in total. The summed E-state index contributed by atoms with van der Waals surface area (Å²) in [6, 6.07) is 9.97.